The summed E-state index contributed by atoms with van der Waals surface area (Å²) in [6, 6.07) is 12.8. The number of hydrogen-bond acceptors (Lipinski definition) is 1. The van der Waals surface area contributed by atoms with Crippen LogP contribution in [-0.4, -0.2) is 4.98 Å². The van der Waals surface area contributed by atoms with Gasteiger partial charge in [-0.1, -0.05) is 18.2 Å². The minimum Gasteiger partial charge on any atom is -0.487 e. The summed E-state index contributed by atoms with van der Waals surface area (Å²) >= 11 is 0. The van der Waals surface area contributed by atoms with Crippen molar-refractivity contribution in [2.24, 2.45) is 0 Å². The number of rotatable bonds is 3. The molecule has 1 aromatic heterocycles. The van der Waals surface area contributed by atoms with E-state index in [4.69, 9.17) is 4.74 Å². The molecular weight excluding hydrogens is 291 g/mol. The number of aromatic nitrogens is 1. The summed E-state index contributed by atoms with van der Waals surface area (Å²) in [5.41, 5.74) is 2.24. The van der Waals surface area contributed by atoms with E-state index in [1.54, 1.807) is 0 Å². The van der Waals surface area contributed by atoms with Crippen molar-refractivity contribution in [2.75, 3.05) is 0 Å². The van der Waals surface area contributed by atoms with E-state index in [1.165, 1.54) is 12.1 Å². The maximum Gasteiger partial charge on any atom is 0.416 e. The predicted molar refractivity (Wildman–Crippen MR) is 78.8 cm³/mol. The van der Waals surface area contributed by atoms with Gasteiger partial charge in [-0.2, -0.15) is 13.2 Å². The van der Waals surface area contributed by atoms with Gasteiger partial charge in [0.05, 0.1) is 11.3 Å². The van der Waals surface area contributed by atoms with Gasteiger partial charge in [0.1, 0.15) is 12.4 Å². The smallest absolute Gasteiger partial charge is 0.416 e. The number of hydrogen-bond donors (Lipinski definition) is 1. The molecule has 0 aliphatic rings. The monoisotopic (exact) mass is 305 g/mol. The van der Waals surface area contributed by atoms with E-state index >= 15 is 0 Å². The van der Waals surface area contributed by atoms with Crippen LogP contribution in [0.25, 0.3) is 10.9 Å². The van der Waals surface area contributed by atoms with Gasteiger partial charge in [-0.15, -0.1) is 0 Å². The van der Waals surface area contributed by atoms with E-state index in [-0.39, 0.29) is 12.4 Å². The molecule has 0 atom stereocenters. The Kier molecular flexibility index (Phi) is 3.56. The number of H-pyrrole nitrogens is 1. The summed E-state index contributed by atoms with van der Waals surface area (Å²) in [5.74, 6) is 0.199. The zero-order chi connectivity index (χ0) is 15.7. The first kappa shape index (κ1) is 14.5. The molecule has 22 heavy (non-hydrogen) atoms. The number of fused-ring (bicyclic) bond motifs is 1. The molecule has 2 aromatic carbocycles. The molecular formula is C17H14F3NO. The van der Waals surface area contributed by atoms with Gasteiger partial charge >= 0.3 is 6.18 Å². The molecule has 0 radical (unpaired) electrons. The van der Waals surface area contributed by atoms with Gasteiger partial charge in [0.2, 0.25) is 0 Å². The molecule has 1 heterocycles. The molecule has 0 saturated heterocycles. The average molecular weight is 305 g/mol. The lowest BCUT2D eigenvalue weighted by atomic mass is 10.1. The number of halogens is 3. The number of aryl methyl sites for hydroxylation is 1. The van der Waals surface area contributed by atoms with Crippen LogP contribution in [0.2, 0.25) is 0 Å². The van der Waals surface area contributed by atoms with Crippen LogP contribution in [0.3, 0.4) is 0 Å². The van der Waals surface area contributed by atoms with Crippen LogP contribution >= 0.6 is 0 Å². The normalized spacial score (nSPS) is 11.8. The Morgan fingerprint density at radius 3 is 2.55 bits per heavy atom. The zero-order valence-electron chi connectivity index (χ0n) is 11.9. The van der Waals surface area contributed by atoms with Crippen molar-refractivity contribution < 1.29 is 17.9 Å². The van der Waals surface area contributed by atoms with Crippen LogP contribution in [0.1, 0.15) is 16.8 Å². The summed E-state index contributed by atoms with van der Waals surface area (Å²) in [5, 5.41) is 1.09. The average Bonchev–Trinajstić information content (AvgIpc) is 2.89. The largest absolute Gasteiger partial charge is 0.487 e. The summed E-state index contributed by atoms with van der Waals surface area (Å²) < 4.78 is 43.4. The fourth-order valence-corrected chi connectivity index (χ4v) is 2.37. The summed E-state index contributed by atoms with van der Waals surface area (Å²) in [7, 11) is 0. The minimum atomic E-state index is -4.36. The number of nitrogens with one attached hydrogen (secondary N) is 1. The molecule has 0 unspecified atom stereocenters. The molecule has 0 bridgehead atoms. The maximum atomic E-state index is 12.7. The Hall–Kier alpha value is -2.43. The third-order valence-electron chi connectivity index (χ3n) is 3.49. The number of alkyl halides is 3. The van der Waals surface area contributed by atoms with Crippen LogP contribution in [0, 0.1) is 6.92 Å². The Morgan fingerprint density at radius 1 is 1.05 bits per heavy atom. The van der Waals surface area contributed by atoms with Gasteiger partial charge < -0.3 is 9.72 Å². The van der Waals surface area contributed by atoms with Crippen molar-refractivity contribution in [3.8, 4) is 5.75 Å². The van der Waals surface area contributed by atoms with Gasteiger partial charge in [0, 0.05) is 10.9 Å². The van der Waals surface area contributed by atoms with Gasteiger partial charge in [-0.25, -0.2) is 0 Å². The molecule has 1 N–H and O–H groups in total. The molecule has 0 aliphatic heterocycles. The third-order valence-corrected chi connectivity index (χ3v) is 3.49. The van der Waals surface area contributed by atoms with Crippen molar-refractivity contribution in [1.29, 1.82) is 0 Å². The molecule has 0 amide bonds. The van der Waals surface area contributed by atoms with Crippen LogP contribution < -0.4 is 4.74 Å². The highest BCUT2D eigenvalue weighted by molar-refractivity contribution is 5.83. The minimum absolute atomic E-state index is 0.190. The van der Waals surface area contributed by atoms with Gasteiger partial charge in [0.25, 0.3) is 0 Å². The van der Waals surface area contributed by atoms with Crippen molar-refractivity contribution in [3.63, 3.8) is 0 Å². The third kappa shape index (κ3) is 2.93. The summed E-state index contributed by atoms with van der Waals surface area (Å²) in [6.45, 7) is 2.20. The molecule has 114 valence electrons. The van der Waals surface area contributed by atoms with Crippen molar-refractivity contribution in [1.82, 2.24) is 4.98 Å². The van der Waals surface area contributed by atoms with E-state index in [0.29, 0.717) is 0 Å². The molecule has 0 fully saturated rings. The first-order chi connectivity index (χ1) is 10.4. The Labute approximate surface area is 125 Å². The van der Waals surface area contributed by atoms with E-state index in [9.17, 15) is 13.2 Å². The van der Waals surface area contributed by atoms with E-state index in [0.717, 1.165) is 34.3 Å². The molecule has 2 nitrogen and oxygen atoms in total. The topological polar surface area (TPSA) is 25.0 Å². The molecule has 3 aromatic rings. The second-order valence-electron chi connectivity index (χ2n) is 5.14. The second kappa shape index (κ2) is 5.40. The lowest BCUT2D eigenvalue weighted by molar-refractivity contribution is -0.137. The quantitative estimate of drug-likeness (QED) is 0.717. The highest BCUT2D eigenvalue weighted by Crippen LogP contribution is 2.31. The summed E-state index contributed by atoms with van der Waals surface area (Å²) in [6.07, 6.45) is -4.36. The second-order valence-corrected chi connectivity index (χ2v) is 5.14. The van der Waals surface area contributed by atoms with Crippen molar-refractivity contribution >= 4 is 10.9 Å². The maximum absolute atomic E-state index is 12.7. The van der Waals surface area contributed by atoms with Crippen LogP contribution in [0.5, 0.6) is 5.75 Å². The highest BCUT2D eigenvalue weighted by atomic mass is 19.4. The lowest BCUT2D eigenvalue weighted by Crippen LogP contribution is -2.05. The lowest BCUT2D eigenvalue weighted by Gasteiger charge is -2.09. The van der Waals surface area contributed by atoms with Crippen molar-refractivity contribution in [3.05, 3.63) is 65.4 Å². The van der Waals surface area contributed by atoms with E-state index < -0.39 is 11.7 Å². The van der Waals surface area contributed by atoms with Gasteiger partial charge in [-0.05, 0) is 42.8 Å². The SMILES string of the molecule is Cc1cccc2[nH]c(COc3cccc(C(F)(F)F)c3)cc12. The Balaban J connectivity index is 1.78. The van der Waals surface area contributed by atoms with Crippen LogP contribution in [0.15, 0.2) is 48.5 Å². The Morgan fingerprint density at radius 2 is 1.82 bits per heavy atom. The van der Waals surface area contributed by atoms with Crippen LogP contribution in [0.4, 0.5) is 13.2 Å². The Bertz CT molecular complexity index is 805. The first-order valence-electron chi connectivity index (χ1n) is 6.81. The van der Waals surface area contributed by atoms with E-state index in [1.807, 2.05) is 31.2 Å². The summed E-state index contributed by atoms with van der Waals surface area (Å²) in [4.78, 5) is 3.20. The number of aromatic amines is 1. The van der Waals surface area contributed by atoms with Crippen LogP contribution in [-0.2, 0) is 12.8 Å². The molecule has 0 aliphatic carbocycles. The first-order valence-corrected chi connectivity index (χ1v) is 6.81. The van der Waals surface area contributed by atoms with Crippen molar-refractivity contribution in [2.45, 2.75) is 19.7 Å². The van der Waals surface area contributed by atoms with Gasteiger partial charge in [-0.3, -0.25) is 0 Å². The standard InChI is InChI=1S/C17H14F3NO/c1-11-4-2-7-16-15(11)9-13(21-16)10-22-14-6-3-5-12(8-14)17(18,19)20/h2-9,21H,10H2,1H3. The molecule has 0 spiro atoms. The fourth-order valence-electron chi connectivity index (χ4n) is 2.37. The predicted octanol–water partition coefficient (Wildman–Crippen LogP) is 5.07. The zero-order valence-corrected chi connectivity index (χ0v) is 11.9. The molecule has 5 heteroatoms. The highest BCUT2D eigenvalue weighted by Gasteiger charge is 2.30. The number of ether oxygens (including phenoxy) is 1. The molecule has 0 saturated carbocycles. The fraction of sp³-hybridized carbons (Fsp3) is 0.176. The van der Waals surface area contributed by atoms with E-state index in [2.05, 4.69) is 4.98 Å². The number of benzene rings is 2. The van der Waals surface area contributed by atoms with Gasteiger partial charge in [0.15, 0.2) is 0 Å². The molecule has 3 rings (SSSR count).